The number of methoxy groups -OCH3 is 3. The lowest BCUT2D eigenvalue weighted by Gasteiger charge is -2.21. The molecule has 22 heavy (non-hydrogen) atoms. The van der Waals surface area contributed by atoms with E-state index in [4.69, 9.17) is 19.9 Å². The molecule has 2 aromatic rings. The Balaban J connectivity index is 2.40. The molecule has 1 heterocycles. The third kappa shape index (κ3) is 3.31. The normalized spacial score (nSPS) is 11.8. The second-order valence-corrected chi connectivity index (χ2v) is 4.88. The van der Waals surface area contributed by atoms with E-state index < -0.39 is 0 Å². The molecule has 5 nitrogen and oxygen atoms in total. The first-order valence-corrected chi connectivity index (χ1v) is 7.14. The monoisotopic (exact) mass is 302 g/mol. The van der Waals surface area contributed by atoms with E-state index >= 15 is 0 Å². The fourth-order valence-corrected chi connectivity index (χ4v) is 2.54. The number of nitrogens with two attached hydrogens (primary N) is 1. The van der Waals surface area contributed by atoms with Crippen molar-refractivity contribution in [1.29, 1.82) is 0 Å². The van der Waals surface area contributed by atoms with Crippen molar-refractivity contribution in [1.82, 2.24) is 4.98 Å². The minimum Gasteiger partial charge on any atom is -0.493 e. The first-order valence-electron chi connectivity index (χ1n) is 7.14. The zero-order chi connectivity index (χ0) is 15.9. The molecule has 0 spiro atoms. The SMILES string of the molecule is COc1ccc(C(CN)Cc2ccccn2)c(OC)c1OC. The van der Waals surface area contributed by atoms with Gasteiger partial charge in [-0.3, -0.25) is 4.98 Å². The van der Waals surface area contributed by atoms with Crippen molar-refractivity contribution in [3.05, 3.63) is 47.8 Å². The highest BCUT2D eigenvalue weighted by Gasteiger charge is 2.22. The van der Waals surface area contributed by atoms with Gasteiger partial charge in [-0.15, -0.1) is 0 Å². The Morgan fingerprint density at radius 2 is 1.77 bits per heavy atom. The molecule has 0 saturated heterocycles. The van der Waals surface area contributed by atoms with Gasteiger partial charge in [-0.2, -0.15) is 0 Å². The minimum atomic E-state index is 0.0876. The number of hydrogen-bond donors (Lipinski definition) is 1. The van der Waals surface area contributed by atoms with Crippen LogP contribution >= 0.6 is 0 Å². The highest BCUT2D eigenvalue weighted by atomic mass is 16.5. The van der Waals surface area contributed by atoms with Crippen molar-refractivity contribution < 1.29 is 14.2 Å². The number of hydrogen-bond acceptors (Lipinski definition) is 5. The fraction of sp³-hybridized carbons (Fsp3) is 0.353. The van der Waals surface area contributed by atoms with Gasteiger partial charge in [0.25, 0.3) is 0 Å². The molecule has 2 N–H and O–H groups in total. The largest absolute Gasteiger partial charge is 0.493 e. The van der Waals surface area contributed by atoms with Crippen LogP contribution in [0.1, 0.15) is 17.2 Å². The Morgan fingerprint density at radius 3 is 2.32 bits per heavy atom. The van der Waals surface area contributed by atoms with Crippen molar-refractivity contribution >= 4 is 0 Å². The van der Waals surface area contributed by atoms with Gasteiger partial charge in [-0.1, -0.05) is 12.1 Å². The highest BCUT2D eigenvalue weighted by molar-refractivity contribution is 5.57. The van der Waals surface area contributed by atoms with E-state index in [0.717, 1.165) is 17.7 Å². The predicted molar refractivity (Wildman–Crippen MR) is 85.8 cm³/mol. The average Bonchev–Trinajstić information content (AvgIpc) is 2.59. The molecule has 0 aliphatic carbocycles. The second kappa shape index (κ2) is 7.66. The first kappa shape index (κ1) is 16.1. The molecule has 0 saturated carbocycles. The first-order chi connectivity index (χ1) is 10.7. The van der Waals surface area contributed by atoms with E-state index in [0.29, 0.717) is 23.8 Å². The van der Waals surface area contributed by atoms with Crippen molar-refractivity contribution in [2.45, 2.75) is 12.3 Å². The van der Waals surface area contributed by atoms with E-state index in [-0.39, 0.29) is 5.92 Å². The third-order valence-electron chi connectivity index (χ3n) is 3.64. The van der Waals surface area contributed by atoms with Gasteiger partial charge < -0.3 is 19.9 Å². The molecule has 0 radical (unpaired) electrons. The van der Waals surface area contributed by atoms with Crippen molar-refractivity contribution in [3.8, 4) is 17.2 Å². The van der Waals surface area contributed by atoms with Gasteiger partial charge in [0.1, 0.15) is 0 Å². The van der Waals surface area contributed by atoms with Crippen molar-refractivity contribution in [3.63, 3.8) is 0 Å². The van der Waals surface area contributed by atoms with E-state index in [9.17, 15) is 0 Å². The fourth-order valence-electron chi connectivity index (χ4n) is 2.54. The molecule has 1 atom stereocenters. The van der Waals surface area contributed by atoms with Gasteiger partial charge >= 0.3 is 0 Å². The van der Waals surface area contributed by atoms with Crippen LogP contribution in [-0.4, -0.2) is 32.9 Å². The third-order valence-corrected chi connectivity index (χ3v) is 3.64. The molecule has 2 rings (SSSR count). The molecule has 5 heteroatoms. The van der Waals surface area contributed by atoms with Crippen LogP contribution in [0.15, 0.2) is 36.5 Å². The molecule has 0 aliphatic heterocycles. The topological polar surface area (TPSA) is 66.6 Å². The number of pyridine rings is 1. The lowest BCUT2D eigenvalue weighted by molar-refractivity contribution is 0.320. The zero-order valence-corrected chi connectivity index (χ0v) is 13.2. The number of ether oxygens (including phenoxy) is 3. The summed E-state index contributed by atoms with van der Waals surface area (Å²) in [6, 6.07) is 9.72. The smallest absolute Gasteiger partial charge is 0.203 e. The molecule has 0 bridgehead atoms. The van der Waals surface area contributed by atoms with Crippen LogP contribution in [-0.2, 0) is 6.42 Å². The van der Waals surface area contributed by atoms with Gasteiger partial charge in [-0.25, -0.2) is 0 Å². The van der Waals surface area contributed by atoms with Gasteiger partial charge in [0.2, 0.25) is 5.75 Å². The summed E-state index contributed by atoms with van der Waals surface area (Å²) in [5.41, 5.74) is 7.97. The number of rotatable bonds is 7. The van der Waals surface area contributed by atoms with Crippen LogP contribution in [0, 0.1) is 0 Å². The molecule has 118 valence electrons. The minimum absolute atomic E-state index is 0.0876. The van der Waals surface area contributed by atoms with Crippen LogP contribution in [0.5, 0.6) is 17.2 Å². The maximum Gasteiger partial charge on any atom is 0.203 e. The molecule has 1 aromatic heterocycles. The maximum absolute atomic E-state index is 5.98. The lowest BCUT2D eigenvalue weighted by atomic mass is 9.92. The zero-order valence-electron chi connectivity index (χ0n) is 13.2. The van der Waals surface area contributed by atoms with Crippen molar-refractivity contribution in [2.24, 2.45) is 5.73 Å². The Morgan fingerprint density at radius 1 is 1.00 bits per heavy atom. The summed E-state index contributed by atoms with van der Waals surface area (Å²) in [5.74, 6) is 1.97. The molecule has 1 aromatic carbocycles. The quantitative estimate of drug-likeness (QED) is 0.850. The molecule has 0 aliphatic rings. The van der Waals surface area contributed by atoms with Crippen LogP contribution in [0.3, 0.4) is 0 Å². The van der Waals surface area contributed by atoms with Crippen molar-refractivity contribution in [2.75, 3.05) is 27.9 Å². The van der Waals surface area contributed by atoms with Gasteiger partial charge in [0, 0.05) is 23.4 Å². The summed E-state index contributed by atoms with van der Waals surface area (Å²) in [5, 5.41) is 0. The Hall–Kier alpha value is -2.27. The Bertz CT molecular complexity index is 602. The summed E-state index contributed by atoms with van der Waals surface area (Å²) in [4.78, 5) is 4.37. The average molecular weight is 302 g/mol. The molecule has 0 fully saturated rings. The molecular formula is C17H22N2O3. The van der Waals surface area contributed by atoms with Crippen LogP contribution in [0.25, 0.3) is 0 Å². The second-order valence-electron chi connectivity index (χ2n) is 4.88. The molecular weight excluding hydrogens is 280 g/mol. The Labute approximate surface area is 131 Å². The molecule has 1 unspecified atom stereocenters. The summed E-state index contributed by atoms with van der Waals surface area (Å²) in [7, 11) is 4.82. The summed E-state index contributed by atoms with van der Waals surface area (Å²) in [6.07, 6.45) is 2.53. The van der Waals surface area contributed by atoms with E-state index in [2.05, 4.69) is 4.98 Å². The number of aromatic nitrogens is 1. The number of nitrogens with zero attached hydrogens (tertiary/aromatic N) is 1. The maximum atomic E-state index is 5.98. The van der Waals surface area contributed by atoms with Crippen LogP contribution < -0.4 is 19.9 Å². The van der Waals surface area contributed by atoms with Gasteiger partial charge in [0.05, 0.1) is 21.3 Å². The van der Waals surface area contributed by atoms with E-state index in [1.165, 1.54) is 0 Å². The van der Waals surface area contributed by atoms with Gasteiger partial charge in [-0.05, 0) is 31.2 Å². The number of benzene rings is 1. The standard InChI is InChI=1S/C17H22N2O3/c1-20-15-8-7-14(16(21-2)17(15)22-3)12(11-18)10-13-6-4-5-9-19-13/h4-9,12H,10-11,18H2,1-3H3. The molecule has 0 amide bonds. The van der Waals surface area contributed by atoms with Gasteiger partial charge in [0.15, 0.2) is 11.5 Å². The predicted octanol–water partition coefficient (Wildman–Crippen LogP) is 2.39. The lowest BCUT2D eigenvalue weighted by Crippen LogP contribution is -2.17. The van der Waals surface area contributed by atoms with Crippen LogP contribution in [0.2, 0.25) is 0 Å². The Kier molecular flexibility index (Phi) is 5.61. The van der Waals surface area contributed by atoms with E-state index in [1.807, 2.05) is 30.3 Å². The summed E-state index contributed by atoms with van der Waals surface area (Å²) >= 11 is 0. The highest BCUT2D eigenvalue weighted by Crippen LogP contribution is 2.42. The van der Waals surface area contributed by atoms with Crippen LogP contribution in [0.4, 0.5) is 0 Å². The summed E-state index contributed by atoms with van der Waals surface area (Å²) in [6.45, 7) is 0.489. The van der Waals surface area contributed by atoms with E-state index in [1.54, 1.807) is 27.5 Å². The summed E-state index contributed by atoms with van der Waals surface area (Å²) < 4.78 is 16.3.